The Hall–Kier alpha value is -1.20. The molecule has 0 radical (unpaired) electrons. The number of hydrogen-bond donors (Lipinski definition) is 2. The van der Waals surface area contributed by atoms with E-state index in [9.17, 15) is 0 Å². The molecule has 0 aromatic carbocycles. The molecule has 0 saturated heterocycles. The second kappa shape index (κ2) is 6.51. The van der Waals surface area contributed by atoms with Crippen LogP contribution in [0.2, 0.25) is 0 Å². The molecular formula is C12H20N4S. The van der Waals surface area contributed by atoms with Gasteiger partial charge in [-0.15, -0.1) is 0 Å². The zero-order chi connectivity index (χ0) is 12.8. The predicted molar refractivity (Wildman–Crippen MR) is 76.4 cm³/mol. The zero-order valence-electron chi connectivity index (χ0n) is 10.6. The molecule has 4 nitrogen and oxygen atoms in total. The fourth-order valence-electron chi connectivity index (χ4n) is 1.31. The number of rotatable bonds is 6. The quantitative estimate of drug-likeness (QED) is 0.751. The smallest absolute Gasteiger partial charge is 0.122 e. The molecule has 0 aliphatic heterocycles. The molecular weight excluding hydrogens is 232 g/mol. The molecule has 0 bridgehead atoms. The molecule has 1 heterocycles. The minimum absolute atomic E-state index is 0.327. The third-order valence-electron chi connectivity index (χ3n) is 2.69. The van der Waals surface area contributed by atoms with Crippen LogP contribution in [-0.2, 0) is 0 Å². The van der Waals surface area contributed by atoms with Crippen LogP contribution in [0.5, 0.6) is 0 Å². The molecule has 0 aliphatic rings. The van der Waals surface area contributed by atoms with E-state index in [2.05, 4.69) is 36.1 Å². The molecule has 0 atom stereocenters. The number of likely N-dealkylation sites (N-methyl/N-ethyl adjacent to an activating group) is 1. The Bertz CT molecular complexity index is 379. The summed E-state index contributed by atoms with van der Waals surface area (Å²) in [7, 11) is 2.11. The van der Waals surface area contributed by atoms with E-state index in [1.807, 2.05) is 12.1 Å². The van der Waals surface area contributed by atoms with Crippen LogP contribution in [0.25, 0.3) is 0 Å². The number of nitrogens with one attached hydrogen (secondary N) is 1. The van der Waals surface area contributed by atoms with Gasteiger partial charge in [-0.05, 0) is 33.0 Å². The highest BCUT2D eigenvalue weighted by molar-refractivity contribution is 7.80. The van der Waals surface area contributed by atoms with Gasteiger partial charge in [0, 0.05) is 31.0 Å². The van der Waals surface area contributed by atoms with E-state index in [0.29, 0.717) is 16.7 Å². The van der Waals surface area contributed by atoms with Crippen molar-refractivity contribution in [3.8, 4) is 0 Å². The van der Waals surface area contributed by atoms with Crippen LogP contribution in [0.15, 0.2) is 18.3 Å². The van der Waals surface area contributed by atoms with Gasteiger partial charge in [-0.3, -0.25) is 4.98 Å². The lowest BCUT2D eigenvalue weighted by Crippen LogP contribution is -2.31. The van der Waals surface area contributed by atoms with Gasteiger partial charge in [0.15, 0.2) is 0 Å². The van der Waals surface area contributed by atoms with E-state index >= 15 is 0 Å². The number of anilines is 1. The Morgan fingerprint density at radius 3 is 2.88 bits per heavy atom. The summed E-state index contributed by atoms with van der Waals surface area (Å²) in [5.41, 5.74) is 7.19. The molecule has 0 unspecified atom stereocenters. The van der Waals surface area contributed by atoms with Crippen molar-refractivity contribution in [2.75, 3.05) is 25.5 Å². The first-order chi connectivity index (χ1) is 8.00. The summed E-state index contributed by atoms with van der Waals surface area (Å²) in [6.45, 7) is 6.23. The lowest BCUT2D eigenvalue weighted by Gasteiger charge is -2.21. The fraction of sp³-hybridized carbons (Fsp3) is 0.500. The van der Waals surface area contributed by atoms with Gasteiger partial charge in [0.05, 0.1) is 5.69 Å². The first kappa shape index (κ1) is 13.9. The predicted octanol–water partition coefficient (Wildman–Crippen LogP) is 1.47. The molecule has 0 spiro atoms. The zero-order valence-corrected chi connectivity index (χ0v) is 11.4. The van der Waals surface area contributed by atoms with Crippen LogP contribution in [0, 0.1) is 0 Å². The molecule has 0 fully saturated rings. The Labute approximate surface area is 108 Å². The topological polar surface area (TPSA) is 54.2 Å². The lowest BCUT2D eigenvalue weighted by atomic mass is 10.3. The summed E-state index contributed by atoms with van der Waals surface area (Å²) in [6, 6.07) is 4.34. The molecule has 94 valence electrons. The summed E-state index contributed by atoms with van der Waals surface area (Å²) in [5, 5.41) is 3.33. The normalized spacial score (nSPS) is 10.9. The van der Waals surface area contributed by atoms with Gasteiger partial charge in [-0.25, -0.2) is 0 Å². The minimum Gasteiger partial charge on any atom is -0.388 e. The summed E-state index contributed by atoms with van der Waals surface area (Å²) in [4.78, 5) is 6.70. The van der Waals surface area contributed by atoms with E-state index in [-0.39, 0.29) is 0 Å². The molecule has 3 N–H and O–H groups in total. The number of nitrogens with zero attached hydrogens (tertiary/aromatic N) is 2. The van der Waals surface area contributed by atoms with Crippen molar-refractivity contribution in [1.29, 1.82) is 0 Å². The average Bonchev–Trinajstić information content (AvgIpc) is 2.29. The first-order valence-corrected chi connectivity index (χ1v) is 6.11. The summed E-state index contributed by atoms with van der Waals surface area (Å²) >= 11 is 4.89. The van der Waals surface area contributed by atoms with Gasteiger partial charge < -0.3 is 16.0 Å². The number of pyridine rings is 1. The number of nitrogens with two attached hydrogens (primary N) is 1. The summed E-state index contributed by atoms with van der Waals surface area (Å²) < 4.78 is 0. The minimum atomic E-state index is 0.327. The van der Waals surface area contributed by atoms with Crippen molar-refractivity contribution in [2.24, 2.45) is 5.73 Å². The standard InChI is InChI=1S/C12H20N4S/c1-9(2)16(3)7-6-14-10-4-5-15-11(8-10)12(13)17/h4-5,8-9H,6-7H2,1-3H3,(H2,13,17)(H,14,15). The maximum atomic E-state index is 5.53. The number of thiocarbonyl (C=S) groups is 1. The number of aromatic nitrogens is 1. The van der Waals surface area contributed by atoms with Crippen molar-refractivity contribution in [3.63, 3.8) is 0 Å². The Kier molecular flexibility index (Phi) is 5.31. The summed E-state index contributed by atoms with van der Waals surface area (Å²) in [5.74, 6) is 0. The van der Waals surface area contributed by atoms with Crippen LogP contribution in [0.3, 0.4) is 0 Å². The second-order valence-electron chi connectivity index (χ2n) is 4.30. The third-order valence-corrected chi connectivity index (χ3v) is 2.90. The highest BCUT2D eigenvalue weighted by Gasteiger charge is 2.03. The van der Waals surface area contributed by atoms with Gasteiger partial charge >= 0.3 is 0 Å². The molecule has 0 saturated carbocycles. The van der Waals surface area contributed by atoms with Crippen molar-refractivity contribution in [3.05, 3.63) is 24.0 Å². The molecule has 1 aromatic rings. The van der Waals surface area contributed by atoms with Crippen molar-refractivity contribution < 1.29 is 0 Å². The maximum absolute atomic E-state index is 5.53. The average molecular weight is 252 g/mol. The van der Waals surface area contributed by atoms with E-state index in [1.165, 1.54) is 0 Å². The van der Waals surface area contributed by atoms with Crippen LogP contribution >= 0.6 is 12.2 Å². The van der Waals surface area contributed by atoms with E-state index in [0.717, 1.165) is 18.8 Å². The Morgan fingerprint density at radius 2 is 2.29 bits per heavy atom. The van der Waals surface area contributed by atoms with Gasteiger partial charge in [0.25, 0.3) is 0 Å². The van der Waals surface area contributed by atoms with E-state index in [4.69, 9.17) is 18.0 Å². The number of hydrogen-bond acceptors (Lipinski definition) is 4. The lowest BCUT2D eigenvalue weighted by molar-refractivity contribution is 0.284. The van der Waals surface area contributed by atoms with Crippen LogP contribution < -0.4 is 11.1 Å². The molecule has 17 heavy (non-hydrogen) atoms. The van der Waals surface area contributed by atoms with Crippen molar-refractivity contribution in [1.82, 2.24) is 9.88 Å². The van der Waals surface area contributed by atoms with Crippen LogP contribution in [0.4, 0.5) is 5.69 Å². The molecule has 1 rings (SSSR count). The maximum Gasteiger partial charge on any atom is 0.122 e. The van der Waals surface area contributed by atoms with Gasteiger partial charge in [0.2, 0.25) is 0 Å². The van der Waals surface area contributed by atoms with Gasteiger partial charge in [-0.2, -0.15) is 0 Å². The van der Waals surface area contributed by atoms with E-state index < -0.39 is 0 Å². The highest BCUT2D eigenvalue weighted by Crippen LogP contribution is 2.07. The molecule has 1 aromatic heterocycles. The van der Waals surface area contributed by atoms with Crippen molar-refractivity contribution in [2.45, 2.75) is 19.9 Å². The molecule has 0 amide bonds. The van der Waals surface area contributed by atoms with Crippen molar-refractivity contribution >= 4 is 22.9 Å². The summed E-state index contributed by atoms with van der Waals surface area (Å²) in [6.07, 6.45) is 1.71. The molecule has 5 heteroatoms. The van der Waals surface area contributed by atoms with Crippen LogP contribution in [0.1, 0.15) is 19.5 Å². The Balaban J connectivity index is 2.47. The second-order valence-corrected chi connectivity index (χ2v) is 4.73. The van der Waals surface area contributed by atoms with E-state index in [1.54, 1.807) is 6.20 Å². The SMILES string of the molecule is CC(C)N(C)CCNc1ccnc(C(N)=S)c1. The third kappa shape index (κ3) is 4.66. The first-order valence-electron chi connectivity index (χ1n) is 5.70. The highest BCUT2D eigenvalue weighted by atomic mass is 32.1. The Morgan fingerprint density at radius 1 is 1.59 bits per heavy atom. The van der Waals surface area contributed by atoms with Gasteiger partial charge in [0.1, 0.15) is 4.99 Å². The van der Waals surface area contributed by atoms with Gasteiger partial charge in [-0.1, -0.05) is 12.2 Å². The largest absolute Gasteiger partial charge is 0.388 e. The monoisotopic (exact) mass is 252 g/mol. The fourth-order valence-corrected chi connectivity index (χ4v) is 1.42. The van der Waals surface area contributed by atoms with Crippen LogP contribution in [-0.4, -0.2) is 41.1 Å². The molecule has 0 aliphatic carbocycles.